The van der Waals surface area contributed by atoms with Crippen molar-refractivity contribution in [1.29, 1.82) is 0 Å². The summed E-state index contributed by atoms with van der Waals surface area (Å²) in [6, 6.07) is 0. The summed E-state index contributed by atoms with van der Waals surface area (Å²) in [5.41, 5.74) is 3.42. The zero-order valence-electron chi connectivity index (χ0n) is 8.52. The molecule has 1 aliphatic rings. The van der Waals surface area contributed by atoms with Gasteiger partial charge in [-0.25, -0.2) is 0 Å². The quantitative estimate of drug-likeness (QED) is 0.600. The van der Waals surface area contributed by atoms with E-state index >= 15 is 0 Å². The molecule has 1 unspecified atom stereocenters. The van der Waals surface area contributed by atoms with E-state index in [4.69, 9.17) is 0 Å². The lowest BCUT2D eigenvalue weighted by molar-refractivity contribution is 0.579. The van der Waals surface area contributed by atoms with Gasteiger partial charge in [0.1, 0.15) is 0 Å². The fourth-order valence-corrected chi connectivity index (χ4v) is 2.99. The standard InChI is InChI=1S/C11H20S/c1-4-5-9(2)11-6-7-12-8-10(11)3/h9H,4-8H2,1-3H3. The molecule has 0 N–H and O–H groups in total. The molecule has 0 spiro atoms. The zero-order chi connectivity index (χ0) is 8.97. The predicted molar refractivity (Wildman–Crippen MR) is 58.7 cm³/mol. The van der Waals surface area contributed by atoms with Crippen molar-refractivity contribution in [2.45, 2.75) is 40.0 Å². The summed E-state index contributed by atoms with van der Waals surface area (Å²) in [6.45, 7) is 6.98. The van der Waals surface area contributed by atoms with Gasteiger partial charge >= 0.3 is 0 Å². The lowest BCUT2D eigenvalue weighted by Crippen LogP contribution is -2.08. The first-order valence-electron chi connectivity index (χ1n) is 5.02. The lowest BCUT2D eigenvalue weighted by atomic mass is 9.91. The Hall–Kier alpha value is 0.0900. The van der Waals surface area contributed by atoms with Crippen LogP contribution >= 0.6 is 11.8 Å². The van der Waals surface area contributed by atoms with Gasteiger partial charge in [-0.1, -0.05) is 31.4 Å². The summed E-state index contributed by atoms with van der Waals surface area (Å²) in [5.74, 6) is 3.47. The van der Waals surface area contributed by atoms with Crippen LogP contribution in [-0.4, -0.2) is 11.5 Å². The second kappa shape index (κ2) is 4.96. The molecule has 0 fully saturated rings. The number of thioether (sulfide) groups is 1. The fourth-order valence-electron chi connectivity index (χ4n) is 1.99. The Balaban J connectivity index is 2.57. The molecular weight excluding hydrogens is 164 g/mol. The number of rotatable bonds is 3. The molecule has 0 bridgehead atoms. The average Bonchev–Trinajstić information content (AvgIpc) is 2.05. The Morgan fingerprint density at radius 1 is 1.50 bits per heavy atom. The molecule has 1 rings (SSSR count). The van der Waals surface area contributed by atoms with Crippen molar-refractivity contribution in [3.8, 4) is 0 Å². The van der Waals surface area contributed by atoms with Crippen LogP contribution in [-0.2, 0) is 0 Å². The minimum absolute atomic E-state index is 0.843. The molecule has 0 aromatic rings. The average molecular weight is 184 g/mol. The van der Waals surface area contributed by atoms with Crippen LogP contribution in [0.5, 0.6) is 0 Å². The van der Waals surface area contributed by atoms with E-state index in [1.807, 2.05) is 0 Å². The van der Waals surface area contributed by atoms with Gasteiger partial charge < -0.3 is 0 Å². The Morgan fingerprint density at radius 2 is 2.25 bits per heavy atom. The van der Waals surface area contributed by atoms with Crippen LogP contribution in [0.4, 0.5) is 0 Å². The first-order valence-corrected chi connectivity index (χ1v) is 6.17. The highest BCUT2D eigenvalue weighted by Gasteiger charge is 2.14. The Labute approximate surface area is 80.8 Å². The third-order valence-corrected chi connectivity index (χ3v) is 3.83. The molecule has 0 radical (unpaired) electrons. The van der Waals surface area contributed by atoms with Gasteiger partial charge in [-0.05, 0) is 31.4 Å². The van der Waals surface area contributed by atoms with E-state index in [0.29, 0.717) is 0 Å². The van der Waals surface area contributed by atoms with E-state index in [1.165, 1.54) is 30.8 Å². The van der Waals surface area contributed by atoms with Gasteiger partial charge in [-0.3, -0.25) is 0 Å². The predicted octanol–water partition coefficient (Wildman–Crippen LogP) is 3.88. The van der Waals surface area contributed by atoms with Gasteiger partial charge in [0.25, 0.3) is 0 Å². The van der Waals surface area contributed by atoms with E-state index in [2.05, 4.69) is 32.5 Å². The molecule has 1 heterocycles. The van der Waals surface area contributed by atoms with Crippen LogP contribution in [0.25, 0.3) is 0 Å². The van der Waals surface area contributed by atoms with Crippen LogP contribution in [0.3, 0.4) is 0 Å². The first kappa shape index (κ1) is 10.2. The van der Waals surface area contributed by atoms with Crippen molar-refractivity contribution in [1.82, 2.24) is 0 Å². The van der Waals surface area contributed by atoms with Crippen LogP contribution in [0.1, 0.15) is 40.0 Å². The molecule has 70 valence electrons. The molecule has 1 heteroatoms. The normalized spacial score (nSPS) is 21.2. The molecule has 0 aromatic carbocycles. The maximum Gasteiger partial charge on any atom is 0.0143 e. The lowest BCUT2D eigenvalue weighted by Gasteiger charge is -2.22. The van der Waals surface area contributed by atoms with Gasteiger partial charge in [-0.2, -0.15) is 11.8 Å². The second-order valence-electron chi connectivity index (χ2n) is 3.80. The second-order valence-corrected chi connectivity index (χ2v) is 4.90. The van der Waals surface area contributed by atoms with Crippen LogP contribution in [0, 0.1) is 5.92 Å². The smallest absolute Gasteiger partial charge is 0.0143 e. The highest BCUT2D eigenvalue weighted by molar-refractivity contribution is 7.99. The Bertz CT molecular complexity index is 170. The van der Waals surface area contributed by atoms with Crippen molar-refractivity contribution in [3.63, 3.8) is 0 Å². The van der Waals surface area contributed by atoms with Crippen LogP contribution < -0.4 is 0 Å². The van der Waals surface area contributed by atoms with Gasteiger partial charge in [0, 0.05) is 5.75 Å². The Kier molecular flexibility index (Phi) is 4.20. The topological polar surface area (TPSA) is 0 Å². The molecule has 1 atom stereocenters. The van der Waals surface area contributed by atoms with Gasteiger partial charge in [0.05, 0.1) is 0 Å². The summed E-state index contributed by atoms with van der Waals surface area (Å²) < 4.78 is 0. The number of hydrogen-bond acceptors (Lipinski definition) is 1. The van der Waals surface area contributed by atoms with Crippen LogP contribution in [0.15, 0.2) is 11.1 Å². The maximum atomic E-state index is 2.39. The third kappa shape index (κ3) is 2.55. The van der Waals surface area contributed by atoms with Gasteiger partial charge in [-0.15, -0.1) is 0 Å². The molecule has 0 saturated heterocycles. The molecule has 1 aliphatic heterocycles. The van der Waals surface area contributed by atoms with Crippen molar-refractivity contribution < 1.29 is 0 Å². The third-order valence-electron chi connectivity index (χ3n) is 2.70. The highest BCUT2D eigenvalue weighted by atomic mass is 32.2. The maximum absolute atomic E-state index is 2.39. The summed E-state index contributed by atoms with van der Waals surface area (Å²) in [4.78, 5) is 0. The molecule has 0 amide bonds. The van der Waals surface area contributed by atoms with Crippen molar-refractivity contribution in [3.05, 3.63) is 11.1 Å². The van der Waals surface area contributed by atoms with E-state index in [-0.39, 0.29) is 0 Å². The Morgan fingerprint density at radius 3 is 2.83 bits per heavy atom. The zero-order valence-corrected chi connectivity index (χ0v) is 9.34. The van der Waals surface area contributed by atoms with Crippen LogP contribution in [0.2, 0.25) is 0 Å². The van der Waals surface area contributed by atoms with E-state index < -0.39 is 0 Å². The molecule has 0 nitrogen and oxygen atoms in total. The van der Waals surface area contributed by atoms with Crippen molar-refractivity contribution in [2.75, 3.05) is 11.5 Å². The van der Waals surface area contributed by atoms with E-state index in [1.54, 1.807) is 11.1 Å². The molecule has 12 heavy (non-hydrogen) atoms. The number of hydrogen-bond donors (Lipinski definition) is 0. The van der Waals surface area contributed by atoms with Gasteiger partial charge in [0.2, 0.25) is 0 Å². The monoisotopic (exact) mass is 184 g/mol. The molecular formula is C11H20S. The molecule has 0 aromatic heterocycles. The molecule has 0 saturated carbocycles. The summed E-state index contributed by atoms with van der Waals surface area (Å²) in [7, 11) is 0. The SMILES string of the molecule is CCCC(C)C1=C(C)CSCC1. The van der Waals surface area contributed by atoms with Gasteiger partial charge in [0.15, 0.2) is 0 Å². The first-order chi connectivity index (χ1) is 5.75. The minimum Gasteiger partial charge on any atom is -0.157 e. The minimum atomic E-state index is 0.843. The molecule has 0 aliphatic carbocycles. The van der Waals surface area contributed by atoms with E-state index in [9.17, 15) is 0 Å². The highest BCUT2D eigenvalue weighted by Crippen LogP contribution is 2.30. The van der Waals surface area contributed by atoms with E-state index in [0.717, 1.165) is 5.92 Å². The summed E-state index contributed by atoms with van der Waals surface area (Å²) in [6.07, 6.45) is 4.04. The largest absolute Gasteiger partial charge is 0.157 e. The summed E-state index contributed by atoms with van der Waals surface area (Å²) in [5, 5.41) is 0. The summed E-state index contributed by atoms with van der Waals surface area (Å²) >= 11 is 2.08. The number of allylic oxidation sites excluding steroid dienone is 1. The van der Waals surface area contributed by atoms with Crippen molar-refractivity contribution in [2.24, 2.45) is 5.92 Å². The van der Waals surface area contributed by atoms with Crippen molar-refractivity contribution >= 4 is 11.8 Å². The fraction of sp³-hybridized carbons (Fsp3) is 0.818.